The van der Waals surface area contributed by atoms with Crippen LogP contribution in [0.4, 0.5) is 0 Å². The van der Waals surface area contributed by atoms with Crippen LogP contribution in [0.15, 0.2) is 12.5 Å². The van der Waals surface area contributed by atoms with Crippen molar-refractivity contribution in [3.05, 3.63) is 12.5 Å². The second-order valence-corrected chi connectivity index (χ2v) is 3.66. The maximum Gasteiger partial charge on any atom is 0.292 e. The molecule has 16 heavy (non-hydrogen) atoms. The Kier molecular flexibility index (Phi) is 10.6. The van der Waals surface area contributed by atoms with Gasteiger partial charge in [-0.05, 0) is 6.58 Å². The third-order valence-electron chi connectivity index (χ3n) is 1.43. The standard InChI is InChI=1S/C9H18N2O3S2/c1-8(14-11-4-7-16)13-5-2-9(12)10-3-6-15/h11,15-16H,1-7H2,(H,10,12). The molecule has 0 aliphatic rings. The summed E-state index contributed by atoms with van der Waals surface area (Å²) in [5.74, 6) is 1.34. The largest absolute Gasteiger partial charge is 0.464 e. The summed E-state index contributed by atoms with van der Waals surface area (Å²) in [4.78, 5) is 16.0. The molecule has 0 aromatic rings. The van der Waals surface area contributed by atoms with E-state index in [1.54, 1.807) is 0 Å². The number of amides is 1. The van der Waals surface area contributed by atoms with Gasteiger partial charge in [0.05, 0.1) is 6.42 Å². The summed E-state index contributed by atoms with van der Waals surface area (Å²) < 4.78 is 5.06. The number of ether oxygens (including phenoxy) is 1. The van der Waals surface area contributed by atoms with Gasteiger partial charge in [-0.1, -0.05) is 0 Å². The van der Waals surface area contributed by atoms with Gasteiger partial charge in [-0.3, -0.25) is 4.79 Å². The molecule has 1 amide bonds. The lowest BCUT2D eigenvalue weighted by Crippen LogP contribution is -2.26. The van der Waals surface area contributed by atoms with E-state index >= 15 is 0 Å². The molecule has 0 aromatic carbocycles. The Balaban J connectivity index is 3.36. The van der Waals surface area contributed by atoms with Gasteiger partial charge in [-0.25, -0.2) is 0 Å². The lowest BCUT2D eigenvalue weighted by atomic mass is 10.4. The number of nitrogens with one attached hydrogen (secondary N) is 2. The molecule has 0 rings (SSSR count). The fourth-order valence-electron chi connectivity index (χ4n) is 0.748. The minimum atomic E-state index is -0.0785. The van der Waals surface area contributed by atoms with E-state index in [4.69, 9.17) is 9.57 Å². The summed E-state index contributed by atoms with van der Waals surface area (Å²) >= 11 is 7.95. The highest BCUT2D eigenvalue weighted by molar-refractivity contribution is 7.80. The van der Waals surface area contributed by atoms with Crippen molar-refractivity contribution >= 4 is 31.2 Å². The summed E-state index contributed by atoms with van der Waals surface area (Å²) in [5.41, 5.74) is 2.60. The number of carbonyl (C=O) groups excluding carboxylic acids is 1. The van der Waals surface area contributed by atoms with Gasteiger partial charge in [-0.15, -0.1) is 0 Å². The second-order valence-electron chi connectivity index (χ2n) is 2.76. The maximum atomic E-state index is 11.1. The maximum absolute atomic E-state index is 11.1. The molecule has 0 heterocycles. The molecule has 0 aliphatic heterocycles. The fourth-order valence-corrected chi connectivity index (χ4v) is 0.951. The molecule has 5 nitrogen and oxygen atoms in total. The molecule has 0 spiro atoms. The number of hydroxylamine groups is 1. The van der Waals surface area contributed by atoms with Crippen LogP contribution in [0, 0.1) is 0 Å². The average Bonchev–Trinajstić information content (AvgIpc) is 2.26. The molecule has 0 aromatic heterocycles. The molecule has 94 valence electrons. The molecular formula is C9H18N2O3S2. The van der Waals surface area contributed by atoms with Crippen LogP contribution in [-0.4, -0.2) is 37.1 Å². The number of thiol groups is 2. The second kappa shape index (κ2) is 11.0. The Morgan fingerprint density at radius 2 is 1.94 bits per heavy atom. The Morgan fingerprint density at radius 1 is 1.25 bits per heavy atom. The van der Waals surface area contributed by atoms with Gasteiger partial charge in [0, 0.05) is 24.6 Å². The lowest BCUT2D eigenvalue weighted by Gasteiger charge is -2.10. The van der Waals surface area contributed by atoms with Gasteiger partial charge >= 0.3 is 0 Å². The Labute approximate surface area is 107 Å². The van der Waals surface area contributed by atoms with Gasteiger partial charge in [-0.2, -0.15) is 30.7 Å². The predicted molar refractivity (Wildman–Crippen MR) is 69.5 cm³/mol. The van der Waals surface area contributed by atoms with Crippen LogP contribution in [0.3, 0.4) is 0 Å². The van der Waals surface area contributed by atoms with Crippen molar-refractivity contribution < 1.29 is 14.4 Å². The van der Waals surface area contributed by atoms with Crippen LogP contribution >= 0.6 is 25.3 Å². The summed E-state index contributed by atoms with van der Waals surface area (Å²) in [5, 5.41) is 2.67. The van der Waals surface area contributed by atoms with Crippen LogP contribution in [0.1, 0.15) is 6.42 Å². The third kappa shape index (κ3) is 10.0. The highest BCUT2D eigenvalue weighted by Crippen LogP contribution is 1.95. The monoisotopic (exact) mass is 266 g/mol. The molecule has 0 aliphatic carbocycles. The quantitative estimate of drug-likeness (QED) is 0.200. The zero-order chi connectivity index (χ0) is 12.2. The third-order valence-corrected chi connectivity index (χ3v) is 1.87. The summed E-state index contributed by atoms with van der Waals surface area (Å²) in [6, 6.07) is 0. The van der Waals surface area contributed by atoms with Crippen molar-refractivity contribution in [1.82, 2.24) is 10.8 Å². The molecule has 0 saturated carbocycles. The minimum Gasteiger partial charge on any atom is -0.464 e. The van der Waals surface area contributed by atoms with Crippen LogP contribution in [-0.2, 0) is 14.4 Å². The minimum absolute atomic E-state index is 0.0785. The summed E-state index contributed by atoms with van der Waals surface area (Å²) in [6.07, 6.45) is 0.267. The van der Waals surface area contributed by atoms with E-state index in [1.807, 2.05) is 0 Å². The normalized spacial score (nSPS) is 9.62. The van der Waals surface area contributed by atoms with Crippen molar-refractivity contribution in [1.29, 1.82) is 0 Å². The zero-order valence-electron chi connectivity index (χ0n) is 9.07. The van der Waals surface area contributed by atoms with E-state index < -0.39 is 0 Å². The van der Waals surface area contributed by atoms with E-state index in [0.717, 1.165) is 0 Å². The first-order chi connectivity index (χ1) is 7.70. The molecule has 0 fully saturated rings. The van der Waals surface area contributed by atoms with Gasteiger partial charge in [0.15, 0.2) is 0 Å². The number of carbonyl (C=O) groups is 1. The van der Waals surface area contributed by atoms with E-state index in [2.05, 4.69) is 42.6 Å². The first-order valence-electron chi connectivity index (χ1n) is 4.90. The smallest absolute Gasteiger partial charge is 0.292 e. The van der Waals surface area contributed by atoms with Crippen LogP contribution < -0.4 is 10.8 Å². The summed E-state index contributed by atoms with van der Waals surface area (Å²) in [6.45, 7) is 4.90. The molecule has 0 saturated heterocycles. The SMILES string of the molecule is C=C(OCCC(=O)NCCS)ONCCS. The molecule has 7 heteroatoms. The van der Waals surface area contributed by atoms with Gasteiger partial charge < -0.3 is 14.9 Å². The van der Waals surface area contributed by atoms with E-state index in [9.17, 15) is 4.79 Å². The Morgan fingerprint density at radius 3 is 2.56 bits per heavy atom. The molecule has 0 radical (unpaired) electrons. The molecule has 0 atom stereocenters. The zero-order valence-corrected chi connectivity index (χ0v) is 10.9. The van der Waals surface area contributed by atoms with Gasteiger partial charge in [0.25, 0.3) is 5.95 Å². The predicted octanol–water partition coefficient (Wildman–Crippen LogP) is 0.361. The summed E-state index contributed by atoms with van der Waals surface area (Å²) in [7, 11) is 0. The van der Waals surface area contributed by atoms with E-state index in [-0.39, 0.29) is 24.9 Å². The fraction of sp³-hybridized carbons (Fsp3) is 0.667. The van der Waals surface area contributed by atoms with Gasteiger partial charge in [0.2, 0.25) is 5.91 Å². The lowest BCUT2D eigenvalue weighted by molar-refractivity contribution is -0.122. The van der Waals surface area contributed by atoms with Crippen LogP contribution in [0.2, 0.25) is 0 Å². The molecule has 0 bridgehead atoms. The van der Waals surface area contributed by atoms with Crippen LogP contribution in [0.25, 0.3) is 0 Å². The van der Waals surface area contributed by atoms with E-state index in [1.165, 1.54) is 0 Å². The van der Waals surface area contributed by atoms with Crippen molar-refractivity contribution in [2.24, 2.45) is 0 Å². The molecular weight excluding hydrogens is 248 g/mol. The highest BCUT2D eigenvalue weighted by atomic mass is 32.1. The Hall–Kier alpha value is -0.530. The van der Waals surface area contributed by atoms with Crippen molar-refractivity contribution in [2.45, 2.75) is 6.42 Å². The van der Waals surface area contributed by atoms with Crippen molar-refractivity contribution in [3.8, 4) is 0 Å². The number of hydrogen-bond donors (Lipinski definition) is 4. The van der Waals surface area contributed by atoms with Crippen LogP contribution in [0.5, 0.6) is 0 Å². The van der Waals surface area contributed by atoms with Crippen molar-refractivity contribution in [2.75, 3.05) is 31.2 Å². The van der Waals surface area contributed by atoms with Crippen molar-refractivity contribution in [3.63, 3.8) is 0 Å². The molecule has 0 unspecified atom stereocenters. The first kappa shape index (κ1) is 15.5. The highest BCUT2D eigenvalue weighted by Gasteiger charge is 2.01. The average molecular weight is 266 g/mol. The number of hydrogen-bond acceptors (Lipinski definition) is 6. The first-order valence-corrected chi connectivity index (χ1v) is 6.17. The van der Waals surface area contributed by atoms with E-state index in [0.29, 0.717) is 24.6 Å². The van der Waals surface area contributed by atoms with Gasteiger partial charge in [0.1, 0.15) is 6.61 Å². The molecule has 2 N–H and O–H groups in total. The topological polar surface area (TPSA) is 59.6 Å². The Bertz CT molecular complexity index is 215. The number of rotatable bonds is 10.